The minimum Gasteiger partial charge on any atom is -0.465 e. The number of ether oxygens (including phenoxy) is 1. The van der Waals surface area contributed by atoms with Crippen LogP contribution in [0.15, 0.2) is 11.6 Å². The lowest BCUT2D eigenvalue weighted by molar-refractivity contribution is -0.213. The monoisotopic (exact) mass is 530 g/mol. The molecule has 5 aliphatic rings. The largest absolute Gasteiger partial charge is 0.465 e. The molecule has 214 valence electrons. The Labute approximate surface area is 228 Å². The van der Waals surface area contributed by atoms with E-state index in [0.717, 1.165) is 19.3 Å². The zero-order valence-electron chi connectivity index (χ0n) is 24.7. The second-order valence-electron chi connectivity index (χ2n) is 15.4. The van der Waals surface area contributed by atoms with E-state index in [0.29, 0.717) is 31.8 Å². The number of carbonyl (C=O) groups is 2. The van der Waals surface area contributed by atoms with Gasteiger partial charge in [-0.05, 0) is 72.5 Å². The van der Waals surface area contributed by atoms with Gasteiger partial charge in [0.25, 0.3) is 0 Å². The van der Waals surface area contributed by atoms with Gasteiger partial charge in [0.2, 0.25) is 0 Å². The number of ketones is 1. The summed E-state index contributed by atoms with van der Waals surface area (Å²) in [7, 11) is 0. The van der Waals surface area contributed by atoms with E-state index in [1.165, 1.54) is 12.5 Å². The van der Waals surface area contributed by atoms with E-state index in [4.69, 9.17) is 4.74 Å². The molecule has 38 heavy (non-hydrogen) atoms. The van der Waals surface area contributed by atoms with Crippen LogP contribution in [0.1, 0.15) is 93.9 Å². The van der Waals surface area contributed by atoms with Gasteiger partial charge >= 0.3 is 5.97 Å². The summed E-state index contributed by atoms with van der Waals surface area (Å²) in [6.07, 6.45) is 4.39. The summed E-state index contributed by atoms with van der Waals surface area (Å²) in [4.78, 5) is 25.0. The van der Waals surface area contributed by atoms with Gasteiger partial charge in [0.15, 0.2) is 5.78 Å². The van der Waals surface area contributed by atoms with Gasteiger partial charge in [0, 0.05) is 29.6 Å². The van der Waals surface area contributed by atoms with Crippen molar-refractivity contribution in [3.63, 3.8) is 0 Å². The van der Waals surface area contributed by atoms with E-state index in [1.54, 1.807) is 0 Å². The average Bonchev–Trinajstić information content (AvgIpc) is 3.12. The van der Waals surface area contributed by atoms with Crippen LogP contribution < -0.4 is 0 Å². The highest BCUT2D eigenvalue weighted by Gasteiger charge is 2.73. The molecule has 0 aromatic heterocycles. The molecule has 4 fully saturated rings. The Kier molecular flexibility index (Phi) is 6.43. The minimum absolute atomic E-state index is 0.0367. The number of fused-ring (bicyclic) bond motifs is 7. The molecular formula is C32H50O6. The van der Waals surface area contributed by atoms with Crippen molar-refractivity contribution in [1.82, 2.24) is 0 Å². The number of carbonyl (C=O) groups excluding carboxylic acids is 2. The van der Waals surface area contributed by atoms with Gasteiger partial charge < -0.3 is 20.1 Å². The maximum absolute atomic E-state index is 13.0. The summed E-state index contributed by atoms with van der Waals surface area (Å²) < 4.78 is 5.76. The lowest BCUT2D eigenvalue weighted by atomic mass is 9.35. The van der Waals surface area contributed by atoms with Gasteiger partial charge in [-0.25, -0.2) is 0 Å². The van der Waals surface area contributed by atoms with Crippen molar-refractivity contribution in [1.29, 1.82) is 0 Å². The lowest BCUT2D eigenvalue weighted by Crippen LogP contribution is -2.67. The third-order valence-electron chi connectivity index (χ3n) is 13.2. The smallest absolute Gasteiger partial charge is 0.302 e. The summed E-state index contributed by atoms with van der Waals surface area (Å²) in [5, 5.41) is 34.5. The zero-order chi connectivity index (χ0) is 28.2. The highest BCUT2D eigenvalue weighted by Crippen LogP contribution is 2.76. The van der Waals surface area contributed by atoms with Gasteiger partial charge in [-0.1, -0.05) is 60.1 Å². The molecule has 5 aliphatic carbocycles. The van der Waals surface area contributed by atoms with Crippen LogP contribution >= 0.6 is 0 Å². The predicted octanol–water partition coefficient (Wildman–Crippen LogP) is 4.69. The predicted molar refractivity (Wildman–Crippen MR) is 145 cm³/mol. The van der Waals surface area contributed by atoms with E-state index in [2.05, 4.69) is 40.7 Å². The highest BCUT2D eigenvalue weighted by atomic mass is 16.5. The topological polar surface area (TPSA) is 104 Å². The van der Waals surface area contributed by atoms with Crippen molar-refractivity contribution in [3.05, 3.63) is 11.6 Å². The van der Waals surface area contributed by atoms with E-state index in [9.17, 15) is 24.9 Å². The van der Waals surface area contributed by atoms with Crippen molar-refractivity contribution < 1.29 is 29.6 Å². The molecule has 0 radical (unpaired) electrons. The number of rotatable bonds is 3. The number of aliphatic hydroxyl groups excluding tert-OH is 3. The molecular weight excluding hydrogens is 480 g/mol. The Morgan fingerprint density at radius 1 is 1.03 bits per heavy atom. The molecule has 0 aliphatic heterocycles. The summed E-state index contributed by atoms with van der Waals surface area (Å²) in [6.45, 7) is 16.9. The van der Waals surface area contributed by atoms with Crippen molar-refractivity contribution in [2.45, 2.75) is 112 Å². The van der Waals surface area contributed by atoms with Crippen molar-refractivity contribution in [2.24, 2.45) is 56.7 Å². The van der Waals surface area contributed by atoms with Gasteiger partial charge in [0.1, 0.15) is 6.10 Å². The van der Waals surface area contributed by atoms with Crippen molar-refractivity contribution in [2.75, 3.05) is 6.61 Å². The first-order valence-electron chi connectivity index (χ1n) is 14.9. The molecule has 6 nitrogen and oxygen atoms in total. The number of Topliss-reactive ketones (excluding diaryl/α,β-unsaturated/α-hetero) is 1. The first-order chi connectivity index (χ1) is 17.5. The molecule has 0 bridgehead atoms. The number of aliphatic hydroxyl groups is 3. The van der Waals surface area contributed by atoms with E-state index >= 15 is 0 Å². The molecule has 11 atom stereocenters. The molecule has 5 rings (SSSR count). The molecule has 0 saturated heterocycles. The summed E-state index contributed by atoms with van der Waals surface area (Å²) in [6, 6.07) is 0. The standard InChI is InChI=1S/C32H50O6/c1-17(2)20-13-22(35)26-31(8)10-9-19-25(30(31,7)11-12-32(20,26)16-38-18(3)33)21(34)14-24-28(4,5)27(37)23(36)15-29(19,24)6/h9,17,20-26,34-36H,10-16H2,1-8H3/t20-,21-,22+,23+,24-,25-,26-,29+,30-,31+,32+/m0/s1. The fourth-order valence-corrected chi connectivity index (χ4v) is 11.4. The van der Waals surface area contributed by atoms with E-state index in [-0.39, 0.29) is 57.1 Å². The SMILES string of the molecule is CC(=O)OC[C@@]12CC[C@@]3(C)[C@H]4C(=CC[C@]3(C)[C@@H]1[C@H](O)C[C@H]2C(C)C)[C@@]1(C)C[C@@H](O)C(=O)C(C)(C)[C@@H]1C[C@@H]4O. The Morgan fingerprint density at radius 3 is 2.29 bits per heavy atom. The van der Waals surface area contributed by atoms with Crippen molar-refractivity contribution >= 4 is 11.8 Å². The Bertz CT molecular complexity index is 1050. The molecule has 0 spiro atoms. The van der Waals surface area contributed by atoms with Gasteiger partial charge in [0.05, 0.1) is 18.8 Å². The number of allylic oxidation sites excluding steroid dienone is 1. The number of hydrogen-bond acceptors (Lipinski definition) is 6. The van der Waals surface area contributed by atoms with Crippen LogP contribution in [0.25, 0.3) is 0 Å². The summed E-state index contributed by atoms with van der Waals surface area (Å²) in [5.41, 5.74) is -0.740. The Hall–Kier alpha value is -1.24. The normalized spacial score (nSPS) is 51.4. The van der Waals surface area contributed by atoms with Crippen LogP contribution in [0.5, 0.6) is 0 Å². The molecule has 0 unspecified atom stereocenters. The van der Waals surface area contributed by atoms with E-state index in [1.807, 2.05) is 13.8 Å². The lowest BCUT2D eigenvalue weighted by Gasteiger charge is -2.70. The number of hydrogen-bond donors (Lipinski definition) is 3. The maximum atomic E-state index is 13.0. The van der Waals surface area contributed by atoms with Crippen LogP contribution in [-0.2, 0) is 14.3 Å². The second kappa shape index (κ2) is 8.63. The first kappa shape index (κ1) is 28.3. The third-order valence-corrected chi connectivity index (χ3v) is 13.2. The average molecular weight is 531 g/mol. The van der Waals surface area contributed by atoms with Gasteiger partial charge in [-0.3, -0.25) is 9.59 Å². The van der Waals surface area contributed by atoms with Crippen LogP contribution in [0.4, 0.5) is 0 Å². The van der Waals surface area contributed by atoms with Crippen molar-refractivity contribution in [3.8, 4) is 0 Å². The Morgan fingerprint density at radius 2 is 1.68 bits per heavy atom. The van der Waals surface area contributed by atoms with Crippen LogP contribution in [0.3, 0.4) is 0 Å². The van der Waals surface area contributed by atoms with Crippen LogP contribution in [0.2, 0.25) is 0 Å². The highest BCUT2D eigenvalue weighted by molar-refractivity contribution is 5.89. The molecule has 3 N–H and O–H groups in total. The van der Waals surface area contributed by atoms with Crippen LogP contribution in [-0.4, -0.2) is 52.0 Å². The number of esters is 1. The first-order valence-corrected chi connectivity index (χ1v) is 14.9. The fraction of sp³-hybridized carbons (Fsp3) is 0.875. The van der Waals surface area contributed by atoms with Gasteiger partial charge in [-0.2, -0.15) is 0 Å². The second-order valence-corrected chi connectivity index (χ2v) is 15.4. The van der Waals surface area contributed by atoms with E-state index < -0.39 is 23.7 Å². The third kappa shape index (κ3) is 3.41. The molecule has 0 aromatic carbocycles. The van der Waals surface area contributed by atoms with Gasteiger partial charge in [-0.15, -0.1) is 0 Å². The van der Waals surface area contributed by atoms with Crippen LogP contribution in [0, 0.1) is 56.7 Å². The molecule has 6 heteroatoms. The molecule has 0 heterocycles. The zero-order valence-corrected chi connectivity index (χ0v) is 24.7. The summed E-state index contributed by atoms with van der Waals surface area (Å²) in [5.74, 6) is 0.0383. The Balaban J connectivity index is 1.63. The molecule has 0 amide bonds. The summed E-state index contributed by atoms with van der Waals surface area (Å²) >= 11 is 0. The minimum atomic E-state index is -0.990. The molecule has 4 saturated carbocycles. The molecule has 0 aromatic rings. The maximum Gasteiger partial charge on any atom is 0.302 e. The fourth-order valence-electron chi connectivity index (χ4n) is 11.4. The quantitative estimate of drug-likeness (QED) is 0.361.